The standard InChI is InChI=1S/C22H17F2N7/c1-25-16-10-12(23)6-8-14(16)20-27-18-4-3-5-19-28-21(30-22(29-20)31(18)19)15-9-7-13(24)11-17(15)26-2/h3-11,25-26H,1-2H3. The zero-order chi connectivity index (χ0) is 21.5. The molecule has 3 heterocycles. The fourth-order valence-electron chi connectivity index (χ4n) is 3.53. The van der Waals surface area contributed by atoms with Crippen LogP contribution in [0.2, 0.25) is 0 Å². The number of anilines is 2. The zero-order valence-electron chi connectivity index (χ0n) is 16.7. The molecule has 0 amide bonds. The lowest BCUT2D eigenvalue weighted by Crippen LogP contribution is -2.41. The second kappa shape index (κ2) is 7.28. The van der Waals surface area contributed by atoms with E-state index in [2.05, 4.69) is 30.6 Å². The molecule has 9 heteroatoms. The first kappa shape index (κ1) is 18.9. The molecule has 0 saturated carbocycles. The largest absolute Gasteiger partial charge is 0.387 e. The summed E-state index contributed by atoms with van der Waals surface area (Å²) in [6, 6.07) is 8.75. The van der Waals surface area contributed by atoms with Crippen LogP contribution in [0.25, 0.3) is 0 Å². The van der Waals surface area contributed by atoms with Crippen molar-refractivity contribution in [3.63, 3.8) is 0 Å². The Kier molecular flexibility index (Phi) is 4.43. The minimum atomic E-state index is -0.359. The monoisotopic (exact) mass is 417 g/mol. The quantitative estimate of drug-likeness (QED) is 0.796. The van der Waals surface area contributed by atoms with Crippen LogP contribution in [-0.2, 0) is 0 Å². The van der Waals surface area contributed by atoms with Gasteiger partial charge in [-0.25, -0.2) is 23.7 Å². The van der Waals surface area contributed by atoms with E-state index in [0.29, 0.717) is 51.8 Å². The summed E-state index contributed by atoms with van der Waals surface area (Å²) in [6.45, 7) is 0. The summed E-state index contributed by atoms with van der Waals surface area (Å²) in [5.41, 5.74) is 2.41. The first-order valence-electron chi connectivity index (χ1n) is 9.56. The van der Waals surface area contributed by atoms with E-state index in [1.807, 2.05) is 18.2 Å². The summed E-state index contributed by atoms with van der Waals surface area (Å²) in [5.74, 6) is 1.65. The fraction of sp³-hybridized carbons (Fsp3) is 0.0909. The Morgan fingerprint density at radius 1 is 0.774 bits per heavy atom. The summed E-state index contributed by atoms with van der Waals surface area (Å²) >= 11 is 0. The van der Waals surface area contributed by atoms with Gasteiger partial charge in [0, 0.05) is 36.6 Å². The van der Waals surface area contributed by atoms with Crippen molar-refractivity contribution in [1.29, 1.82) is 0 Å². The van der Waals surface area contributed by atoms with Gasteiger partial charge in [-0.2, -0.15) is 9.98 Å². The number of allylic oxidation sites excluding steroid dienone is 2. The van der Waals surface area contributed by atoms with Crippen LogP contribution in [0.3, 0.4) is 0 Å². The number of amidine groups is 3. The summed E-state index contributed by atoms with van der Waals surface area (Å²) in [6.07, 6.45) is 5.49. The maximum absolute atomic E-state index is 13.7. The molecule has 2 aromatic rings. The normalized spacial score (nSPS) is 16.5. The van der Waals surface area contributed by atoms with E-state index in [4.69, 9.17) is 0 Å². The van der Waals surface area contributed by atoms with Gasteiger partial charge in [0.15, 0.2) is 11.7 Å². The Labute approximate surface area is 177 Å². The minimum absolute atomic E-state index is 0.359. The van der Waals surface area contributed by atoms with Gasteiger partial charge in [-0.1, -0.05) is 6.08 Å². The lowest BCUT2D eigenvalue weighted by atomic mass is 10.1. The molecule has 0 aliphatic carbocycles. The first-order valence-corrected chi connectivity index (χ1v) is 9.56. The van der Waals surface area contributed by atoms with Crippen molar-refractivity contribution in [1.82, 2.24) is 4.90 Å². The van der Waals surface area contributed by atoms with Crippen molar-refractivity contribution in [2.75, 3.05) is 24.7 Å². The highest BCUT2D eigenvalue weighted by Gasteiger charge is 2.32. The topological polar surface area (TPSA) is 76.7 Å². The van der Waals surface area contributed by atoms with E-state index in [1.165, 1.54) is 24.3 Å². The highest BCUT2D eigenvalue weighted by Crippen LogP contribution is 2.29. The molecule has 5 rings (SSSR count). The van der Waals surface area contributed by atoms with E-state index in [9.17, 15) is 8.78 Å². The van der Waals surface area contributed by atoms with E-state index in [-0.39, 0.29) is 11.6 Å². The molecule has 7 nitrogen and oxygen atoms in total. The molecule has 0 saturated heterocycles. The van der Waals surface area contributed by atoms with E-state index in [0.717, 1.165) is 0 Å². The van der Waals surface area contributed by atoms with E-state index < -0.39 is 0 Å². The maximum Gasteiger partial charge on any atom is 0.241 e. The van der Waals surface area contributed by atoms with Crippen molar-refractivity contribution in [2.24, 2.45) is 20.0 Å². The van der Waals surface area contributed by atoms with Crippen molar-refractivity contribution in [2.45, 2.75) is 0 Å². The summed E-state index contributed by atoms with van der Waals surface area (Å²) in [4.78, 5) is 20.3. The van der Waals surface area contributed by atoms with Crippen molar-refractivity contribution in [3.8, 4) is 0 Å². The molecule has 2 aromatic carbocycles. The molecule has 3 aliphatic heterocycles. The molecule has 0 unspecified atom stereocenters. The van der Waals surface area contributed by atoms with Crippen LogP contribution < -0.4 is 10.6 Å². The van der Waals surface area contributed by atoms with Gasteiger partial charge < -0.3 is 10.6 Å². The Hall–Kier alpha value is -4.14. The van der Waals surface area contributed by atoms with Gasteiger partial charge in [0.2, 0.25) is 5.96 Å². The van der Waals surface area contributed by atoms with Crippen molar-refractivity contribution >= 4 is 34.8 Å². The SMILES string of the molecule is CNc1cc(F)ccc1C1=NC2=CC=CC3=NC(c4ccc(F)cc4NC)=NC(=N1)N23. The molecular formula is C22H17F2N7. The summed E-state index contributed by atoms with van der Waals surface area (Å²) in [7, 11) is 3.42. The molecule has 0 atom stereocenters. The summed E-state index contributed by atoms with van der Waals surface area (Å²) in [5, 5.41) is 5.95. The van der Waals surface area contributed by atoms with E-state index in [1.54, 1.807) is 31.1 Å². The van der Waals surface area contributed by atoms with Crippen LogP contribution in [0.15, 0.2) is 80.4 Å². The smallest absolute Gasteiger partial charge is 0.241 e. The Morgan fingerprint density at radius 2 is 1.39 bits per heavy atom. The van der Waals surface area contributed by atoms with Crippen molar-refractivity contribution in [3.05, 3.63) is 83.2 Å². The summed E-state index contributed by atoms with van der Waals surface area (Å²) < 4.78 is 27.4. The number of guanidine groups is 1. The number of hydrogen-bond donors (Lipinski definition) is 2. The lowest BCUT2D eigenvalue weighted by Gasteiger charge is -2.31. The Morgan fingerprint density at radius 3 is 2.00 bits per heavy atom. The first-order chi connectivity index (χ1) is 15.1. The van der Waals surface area contributed by atoms with Gasteiger partial charge in [0.05, 0.1) is 0 Å². The third kappa shape index (κ3) is 3.20. The van der Waals surface area contributed by atoms with Gasteiger partial charge in [0.25, 0.3) is 0 Å². The maximum atomic E-state index is 13.7. The molecule has 31 heavy (non-hydrogen) atoms. The zero-order valence-corrected chi connectivity index (χ0v) is 16.7. The highest BCUT2D eigenvalue weighted by molar-refractivity contribution is 6.26. The number of nitrogens with one attached hydrogen (secondary N) is 2. The van der Waals surface area contributed by atoms with Crippen LogP contribution in [-0.4, -0.2) is 42.5 Å². The predicted octanol–water partition coefficient (Wildman–Crippen LogP) is 3.74. The van der Waals surface area contributed by atoms with Gasteiger partial charge >= 0.3 is 0 Å². The van der Waals surface area contributed by atoms with Gasteiger partial charge in [-0.05, 0) is 48.6 Å². The molecular weight excluding hydrogens is 400 g/mol. The lowest BCUT2D eigenvalue weighted by molar-refractivity contribution is 0.628. The Balaban J connectivity index is 1.66. The number of halogens is 2. The van der Waals surface area contributed by atoms with Gasteiger partial charge in [-0.3, -0.25) is 0 Å². The number of hydrogen-bond acceptors (Lipinski definition) is 7. The number of benzene rings is 2. The van der Waals surface area contributed by atoms with Crippen LogP contribution in [0, 0.1) is 11.6 Å². The van der Waals surface area contributed by atoms with Crippen LogP contribution in [0.1, 0.15) is 11.1 Å². The molecule has 0 spiro atoms. The van der Waals surface area contributed by atoms with Crippen LogP contribution in [0.5, 0.6) is 0 Å². The number of rotatable bonds is 4. The van der Waals surface area contributed by atoms with Crippen LogP contribution >= 0.6 is 0 Å². The average Bonchev–Trinajstić information content (AvgIpc) is 2.78. The minimum Gasteiger partial charge on any atom is -0.387 e. The van der Waals surface area contributed by atoms with E-state index >= 15 is 0 Å². The van der Waals surface area contributed by atoms with Crippen molar-refractivity contribution < 1.29 is 8.78 Å². The molecule has 0 bridgehead atoms. The number of aliphatic imine (C=N–C) groups is 4. The predicted molar refractivity (Wildman–Crippen MR) is 119 cm³/mol. The fourth-order valence-corrected chi connectivity index (χ4v) is 3.53. The molecule has 3 aliphatic rings. The molecule has 0 radical (unpaired) electrons. The Bertz CT molecular complexity index is 1230. The molecule has 2 N–H and O–H groups in total. The third-order valence-electron chi connectivity index (χ3n) is 4.99. The van der Waals surface area contributed by atoms with Crippen LogP contribution in [0.4, 0.5) is 20.2 Å². The molecule has 0 fully saturated rings. The molecule has 0 aromatic heterocycles. The second-order valence-corrected chi connectivity index (χ2v) is 6.85. The molecule has 154 valence electrons. The second-order valence-electron chi connectivity index (χ2n) is 6.85. The highest BCUT2D eigenvalue weighted by atomic mass is 19.1. The van der Waals surface area contributed by atoms with Gasteiger partial charge in [-0.15, -0.1) is 0 Å². The van der Waals surface area contributed by atoms with Gasteiger partial charge in [0.1, 0.15) is 23.3 Å². The number of nitrogens with zero attached hydrogens (tertiary/aromatic N) is 5. The third-order valence-corrected chi connectivity index (χ3v) is 4.99. The average molecular weight is 417 g/mol.